The van der Waals surface area contributed by atoms with E-state index < -0.39 is 0 Å². The number of anilines is 3. The molecule has 0 saturated heterocycles. The third-order valence-electron chi connectivity index (χ3n) is 3.93. The van der Waals surface area contributed by atoms with Crippen LogP contribution < -0.4 is 15.4 Å². The second-order valence-electron chi connectivity index (χ2n) is 5.52. The molecule has 6 heteroatoms. The van der Waals surface area contributed by atoms with E-state index in [-0.39, 0.29) is 11.8 Å². The molecule has 0 unspecified atom stereocenters. The number of pyridine rings is 1. The summed E-state index contributed by atoms with van der Waals surface area (Å²) in [5.41, 5.74) is 1.65. The van der Waals surface area contributed by atoms with Crippen molar-refractivity contribution in [3.63, 3.8) is 0 Å². The van der Waals surface area contributed by atoms with Gasteiger partial charge in [0.25, 0.3) is 0 Å². The quantitative estimate of drug-likeness (QED) is 0.860. The summed E-state index contributed by atoms with van der Waals surface area (Å²) in [5, 5.41) is 6.59. The van der Waals surface area contributed by atoms with Crippen LogP contribution in [0.2, 0.25) is 5.02 Å². The first kappa shape index (κ1) is 15.6. The standard InChI is InChI=1S/C17H18ClN3O2/c1-23-15-7-5-12(9-14(15)18)20-13-6-8-16(19-10-13)21-17(22)11-3-2-4-11/h5-11,20H,2-4H2,1H3,(H,19,21,22). The summed E-state index contributed by atoms with van der Waals surface area (Å²) in [7, 11) is 1.58. The van der Waals surface area contributed by atoms with E-state index in [4.69, 9.17) is 16.3 Å². The van der Waals surface area contributed by atoms with Crippen molar-refractivity contribution in [3.8, 4) is 5.75 Å². The van der Waals surface area contributed by atoms with Gasteiger partial charge in [-0.2, -0.15) is 0 Å². The third-order valence-corrected chi connectivity index (χ3v) is 4.23. The smallest absolute Gasteiger partial charge is 0.228 e. The van der Waals surface area contributed by atoms with E-state index in [2.05, 4.69) is 15.6 Å². The van der Waals surface area contributed by atoms with Crippen LogP contribution >= 0.6 is 11.6 Å². The SMILES string of the molecule is COc1ccc(Nc2ccc(NC(=O)C3CCC3)nc2)cc1Cl. The van der Waals surface area contributed by atoms with Crippen molar-refractivity contribution in [1.29, 1.82) is 0 Å². The average molecular weight is 332 g/mol. The number of nitrogens with zero attached hydrogens (tertiary/aromatic N) is 1. The first-order chi connectivity index (χ1) is 11.2. The summed E-state index contributed by atoms with van der Waals surface area (Å²) in [6.07, 6.45) is 4.76. The Morgan fingerprint density at radius 1 is 1.26 bits per heavy atom. The van der Waals surface area contributed by atoms with Crippen LogP contribution in [0.5, 0.6) is 5.75 Å². The number of benzene rings is 1. The summed E-state index contributed by atoms with van der Waals surface area (Å²) in [6, 6.07) is 9.10. The number of methoxy groups -OCH3 is 1. The Bertz CT molecular complexity index is 699. The van der Waals surface area contributed by atoms with Crippen molar-refractivity contribution in [3.05, 3.63) is 41.6 Å². The number of hydrogen-bond donors (Lipinski definition) is 2. The van der Waals surface area contributed by atoms with E-state index in [1.54, 1.807) is 31.5 Å². The Morgan fingerprint density at radius 2 is 2.04 bits per heavy atom. The molecular weight excluding hydrogens is 314 g/mol. The number of halogens is 1. The number of hydrogen-bond acceptors (Lipinski definition) is 4. The van der Waals surface area contributed by atoms with Crippen LogP contribution in [-0.2, 0) is 4.79 Å². The molecule has 0 aliphatic heterocycles. The molecule has 2 aromatic rings. The molecule has 5 nitrogen and oxygen atoms in total. The molecule has 3 rings (SSSR count). The van der Waals surface area contributed by atoms with Crippen LogP contribution in [0.4, 0.5) is 17.2 Å². The molecule has 1 aliphatic carbocycles. The first-order valence-electron chi connectivity index (χ1n) is 7.53. The summed E-state index contributed by atoms with van der Waals surface area (Å²) in [5.74, 6) is 1.41. The van der Waals surface area contributed by atoms with Gasteiger partial charge in [0.1, 0.15) is 11.6 Å². The topological polar surface area (TPSA) is 63.2 Å². The van der Waals surface area contributed by atoms with Crippen LogP contribution in [0.1, 0.15) is 19.3 Å². The summed E-state index contributed by atoms with van der Waals surface area (Å²) in [6.45, 7) is 0. The molecule has 0 bridgehead atoms. The van der Waals surface area contributed by atoms with Crippen LogP contribution in [0.3, 0.4) is 0 Å². The van der Waals surface area contributed by atoms with E-state index in [0.717, 1.165) is 30.6 Å². The van der Waals surface area contributed by atoms with Gasteiger partial charge in [-0.25, -0.2) is 4.98 Å². The number of carbonyl (C=O) groups is 1. The van der Waals surface area contributed by atoms with Crippen molar-refractivity contribution in [2.24, 2.45) is 5.92 Å². The highest BCUT2D eigenvalue weighted by Gasteiger charge is 2.25. The number of aromatic nitrogens is 1. The van der Waals surface area contributed by atoms with Gasteiger partial charge in [-0.3, -0.25) is 4.79 Å². The molecule has 2 N–H and O–H groups in total. The molecule has 1 fully saturated rings. The molecule has 0 spiro atoms. The van der Waals surface area contributed by atoms with Crippen LogP contribution in [0, 0.1) is 5.92 Å². The Labute approximate surface area is 140 Å². The lowest BCUT2D eigenvalue weighted by Gasteiger charge is -2.23. The van der Waals surface area contributed by atoms with Crippen molar-refractivity contribution in [2.45, 2.75) is 19.3 Å². The van der Waals surface area contributed by atoms with Crippen LogP contribution in [-0.4, -0.2) is 18.0 Å². The fourth-order valence-electron chi connectivity index (χ4n) is 2.35. The number of rotatable bonds is 5. The molecule has 1 amide bonds. The zero-order chi connectivity index (χ0) is 16.2. The molecule has 0 radical (unpaired) electrons. The molecule has 0 atom stereocenters. The van der Waals surface area contributed by atoms with Crippen molar-refractivity contribution in [2.75, 3.05) is 17.7 Å². The van der Waals surface area contributed by atoms with Gasteiger partial charge in [0, 0.05) is 11.6 Å². The highest BCUT2D eigenvalue weighted by atomic mass is 35.5. The molecule has 1 aliphatic rings. The monoisotopic (exact) mass is 331 g/mol. The summed E-state index contributed by atoms with van der Waals surface area (Å²) >= 11 is 6.10. The van der Waals surface area contributed by atoms with E-state index in [0.29, 0.717) is 16.6 Å². The highest BCUT2D eigenvalue weighted by molar-refractivity contribution is 6.32. The number of amides is 1. The fourth-order valence-corrected chi connectivity index (χ4v) is 2.61. The molecule has 1 saturated carbocycles. The van der Waals surface area contributed by atoms with Gasteiger partial charge in [-0.15, -0.1) is 0 Å². The Balaban J connectivity index is 1.62. The van der Waals surface area contributed by atoms with E-state index >= 15 is 0 Å². The molecule has 1 heterocycles. The minimum atomic E-state index is 0.0615. The van der Waals surface area contributed by atoms with Gasteiger partial charge in [0.2, 0.25) is 5.91 Å². The number of carbonyl (C=O) groups excluding carboxylic acids is 1. The van der Waals surface area contributed by atoms with E-state index in [1.165, 1.54) is 0 Å². The summed E-state index contributed by atoms with van der Waals surface area (Å²) < 4.78 is 5.12. The number of ether oxygens (including phenoxy) is 1. The third kappa shape index (κ3) is 3.74. The average Bonchev–Trinajstić information content (AvgIpc) is 2.48. The normalized spacial score (nSPS) is 14.0. The van der Waals surface area contributed by atoms with E-state index in [1.807, 2.05) is 12.1 Å². The van der Waals surface area contributed by atoms with Crippen molar-refractivity contribution in [1.82, 2.24) is 4.98 Å². The predicted molar refractivity (Wildman–Crippen MR) is 91.5 cm³/mol. The van der Waals surface area contributed by atoms with Gasteiger partial charge in [0.15, 0.2) is 0 Å². The van der Waals surface area contributed by atoms with Crippen LogP contribution in [0.25, 0.3) is 0 Å². The van der Waals surface area contributed by atoms with Gasteiger partial charge in [-0.1, -0.05) is 18.0 Å². The first-order valence-corrected chi connectivity index (χ1v) is 7.91. The zero-order valence-corrected chi connectivity index (χ0v) is 13.6. The van der Waals surface area contributed by atoms with Gasteiger partial charge >= 0.3 is 0 Å². The zero-order valence-electron chi connectivity index (χ0n) is 12.8. The lowest BCUT2D eigenvalue weighted by atomic mass is 9.85. The summed E-state index contributed by atoms with van der Waals surface area (Å²) in [4.78, 5) is 16.1. The lowest BCUT2D eigenvalue weighted by molar-refractivity contribution is -0.122. The highest BCUT2D eigenvalue weighted by Crippen LogP contribution is 2.29. The molecule has 1 aromatic carbocycles. The van der Waals surface area contributed by atoms with E-state index in [9.17, 15) is 4.79 Å². The Kier molecular flexibility index (Phi) is 4.67. The van der Waals surface area contributed by atoms with Gasteiger partial charge in [-0.05, 0) is 43.2 Å². The lowest BCUT2D eigenvalue weighted by Crippen LogP contribution is -2.28. The Hall–Kier alpha value is -2.27. The second kappa shape index (κ2) is 6.87. The molecule has 1 aromatic heterocycles. The molecule has 120 valence electrons. The van der Waals surface area contributed by atoms with Gasteiger partial charge < -0.3 is 15.4 Å². The maximum atomic E-state index is 11.9. The van der Waals surface area contributed by atoms with Gasteiger partial charge in [0.05, 0.1) is 24.0 Å². The number of nitrogens with one attached hydrogen (secondary N) is 2. The van der Waals surface area contributed by atoms with Crippen molar-refractivity contribution >= 4 is 34.7 Å². The fraction of sp³-hybridized carbons (Fsp3) is 0.294. The molecule has 23 heavy (non-hydrogen) atoms. The van der Waals surface area contributed by atoms with Crippen molar-refractivity contribution < 1.29 is 9.53 Å². The largest absolute Gasteiger partial charge is 0.495 e. The maximum absolute atomic E-state index is 11.9. The minimum Gasteiger partial charge on any atom is -0.495 e. The molecular formula is C17H18ClN3O2. The minimum absolute atomic E-state index is 0.0615. The Morgan fingerprint density at radius 3 is 2.61 bits per heavy atom. The maximum Gasteiger partial charge on any atom is 0.228 e. The predicted octanol–water partition coefficient (Wildman–Crippen LogP) is 4.23. The second-order valence-corrected chi connectivity index (χ2v) is 5.93. The van der Waals surface area contributed by atoms with Crippen LogP contribution in [0.15, 0.2) is 36.5 Å².